The van der Waals surface area contributed by atoms with Crippen molar-refractivity contribution in [3.63, 3.8) is 0 Å². The minimum Gasteiger partial charge on any atom is -0.744 e. The van der Waals surface area contributed by atoms with Gasteiger partial charge in [0.15, 0.2) is 0 Å². The fourth-order valence-corrected chi connectivity index (χ4v) is 2.89. The maximum Gasteiger partial charge on any atom is 1.00 e. The molecule has 0 aliphatic heterocycles. The van der Waals surface area contributed by atoms with Crippen LogP contribution in [-0.2, 0) is 20.2 Å². The third-order valence-corrected chi connectivity index (χ3v) is 5.35. The van der Waals surface area contributed by atoms with Gasteiger partial charge in [-0.15, -0.1) is 0 Å². The van der Waals surface area contributed by atoms with E-state index in [9.17, 15) is 25.9 Å². The SMILES string of the molecule is Cc1cc(S(=O)(=O)[O-])ccc1Cl.Cc1cc(S(=O)(=O)[O-])ccc1Cl.[Na+].[Na+]. The molecule has 0 unspecified atom stereocenters. The zero-order valence-electron chi connectivity index (χ0n) is 14.5. The third-order valence-electron chi connectivity index (χ3n) is 2.84. The van der Waals surface area contributed by atoms with E-state index >= 15 is 0 Å². The van der Waals surface area contributed by atoms with Gasteiger partial charge in [0.1, 0.15) is 20.2 Å². The first-order valence-corrected chi connectivity index (χ1v) is 9.83. The summed E-state index contributed by atoms with van der Waals surface area (Å²) in [5.41, 5.74) is 1.15. The van der Waals surface area contributed by atoms with Gasteiger partial charge in [0.05, 0.1) is 9.79 Å². The van der Waals surface area contributed by atoms with Gasteiger partial charge in [0, 0.05) is 10.0 Å². The van der Waals surface area contributed by atoms with Crippen LogP contribution in [0, 0.1) is 13.8 Å². The van der Waals surface area contributed by atoms with E-state index in [0.29, 0.717) is 21.2 Å². The van der Waals surface area contributed by atoms with Crippen molar-refractivity contribution in [2.75, 3.05) is 0 Å². The van der Waals surface area contributed by atoms with E-state index in [1.807, 2.05) is 0 Å². The molecule has 26 heavy (non-hydrogen) atoms. The molecule has 0 spiro atoms. The zero-order valence-corrected chi connectivity index (χ0v) is 21.6. The molecule has 0 amide bonds. The van der Waals surface area contributed by atoms with Crippen LogP contribution >= 0.6 is 23.2 Å². The standard InChI is InChI=1S/2C7H7ClO3S.2Na/c2*1-5-4-6(12(9,10)11)2-3-7(5)8;;/h2*2-4H,1H3,(H,9,10,11);;/q;;2*+1/p-2. The van der Waals surface area contributed by atoms with E-state index in [1.165, 1.54) is 36.4 Å². The summed E-state index contributed by atoms with van der Waals surface area (Å²) in [7, 11) is -8.70. The molecule has 0 saturated carbocycles. The monoisotopic (exact) mass is 456 g/mol. The molecule has 2 rings (SSSR count). The van der Waals surface area contributed by atoms with E-state index < -0.39 is 20.2 Å². The van der Waals surface area contributed by atoms with E-state index in [0.717, 1.165) is 0 Å². The van der Waals surface area contributed by atoms with Crippen molar-refractivity contribution in [3.05, 3.63) is 57.6 Å². The number of benzene rings is 2. The maximum absolute atomic E-state index is 10.5. The number of rotatable bonds is 2. The van der Waals surface area contributed by atoms with Crippen LogP contribution in [0.3, 0.4) is 0 Å². The van der Waals surface area contributed by atoms with Crippen LogP contribution in [0.1, 0.15) is 11.1 Å². The van der Waals surface area contributed by atoms with E-state index in [-0.39, 0.29) is 68.9 Å². The van der Waals surface area contributed by atoms with Gasteiger partial charge in [-0.25, -0.2) is 16.8 Å². The molecule has 12 heteroatoms. The first-order chi connectivity index (χ1) is 10.8. The fourth-order valence-electron chi connectivity index (χ4n) is 1.55. The van der Waals surface area contributed by atoms with Crippen molar-refractivity contribution in [2.45, 2.75) is 23.6 Å². The van der Waals surface area contributed by atoms with Crippen molar-refractivity contribution >= 4 is 43.4 Å². The molecule has 0 aliphatic rings. The quantitative estimate of drug-likeness (QED) is 0.354. The molecule has 132 valence electrons. The minimum atomic E-state index is -4.35. The topological polar surface area (TPSA) is 114 Å². The van der Waals surface area contributed by atoms with Gasteiger partial charge in [0.2, 0.25) is 0 Å². The van der Waals surface area contributed by atoms with Crippen LogP contribution in [0.25, 0.3) is 0 Å². The summed E-state index contributed by atoms with van der Waals surface area (Å²) >= 11 is 11.3. The molecule has 6 nitrogen and oxygen atoms in total. The number of hydrogen-bond donors (Lipinski definition) is 0. The van der Waals surface area contributed by atoms with Gasteiger partial charge >= 0.3 is 59.1 Å². The summed E-state index contributed by atoms with van der Waals surface area (Å²) in [6, 6.07) is 7.67. The smallest absolute Gasteiger partial charge is 0.744 e. The fraction of sp³-hybridized carbons (Fsp3) is 0.143. The molecule has 0 heterocycles. The maximum atomic E-state index is 10.5. The van der Waals surface area contributed by atoms with Crippen LogP contribution in [0.4, 0.5) is 0 Å². The zero-order chi connectivity index (χ0) is 18.7. The van der Waals surface area contributed by atoms with Gasteiger partial charge < -0.3 is 9.11 Å². The molecule has 0 aromatic heterocycles. The minimum absolute atomic E-state index is 0. The number of aryl methyl sites for hydroxylation is 2. The van der Waals surface area contributed by atoms with Crippen LogP contribution in [0.5, 0.6) is 0 Å². The van der Waals surface area contributed by atoms with Crippen molar-refractivity contribution in [1.82, 2.24) is 0 Å². The summed E-state index contributed by atoms with van der Waals surface area (Å²) < 4.78 is 63.0. The van der Waals surface area contributed by atoms with Gasteiger partial charge in [-0.2, -0.15) is 0 Å². The van der Waals surface area contributed by atoms with Crippen LogP contribution in [0.2, 0.25) is 10.0 Å². The number of halogens is 2. The Kier molecular flexibility index (Phi) is 13.1. The van der Waals surface area contributed by atoms with E-state index in [2.05, 4.69) is 0 Å². The second kappa shape index (κ2) is 11.7. The van der Waals surface area contributed by atoms with Crippen molar-refractivity contribution in [2.24, 2.45) is 0 Å². The van der Waals surface area contributed by atoms with Crippen LogP contribution in [0.15, 0.2) is 46.2 Å². The molecule has 0 radical (unpaired) electrons. The average Bonchev–Trinajstić information content (AvgIpc) is 2.43. The Morgan fingerprint density at radius 2 is 0.962 bits per heavy atom. The third kappa shape index (κ3) is 9.36. The predicted octanol–water partition coefficient (Wildman–Crippen LogP) is -2.89. The summed E-state index contributed by atoms with van der Waals surface area (Å²) in [6.45, 7) is 3.27. The molecule has 0 fully saturated rings. The molecular weight excluding hydrogens is 445 g/mol. The largest absolute Gasteiger partial charge is 1.00 e. The van der Waals surface area contributed by atoms with E-state index in [1.54, 1.807) is 13.8 Å². The summed E-state index contributed by atoms with van der Waals surface area (Å²) in [4.78, 5) is -0.492. The van der Waals surface area contributed by atoms with Gasteiger partial charge in [-0.1, -0.05) is 23.2 Å². The second-order valence-corrected chi connectivity index (χ2v) is 8.30. The summed E-state index contributed by atoms with van der Waals surface area (Å²) in [5, 5.41) is 0.893. The van der Waals surface area contributed by atoms with Gasteiger partial charge in [-0.05, 0) is 61.4 Å². The second-order valence-electron chi connectivity index (χ2n) is 4.73. The van der Waals surface area contributed by atoms with Crippen molar-refractivity contribution in [1.29, 1.82) is 0 Å². The summed E-state index contributed by atoms with van der Waals surface area (Å²) in [5.74, 6) is 0. The normalized spacial score (nSPS) is 10.7. The van der Waals surface area contributed by atoms with Crippen molar-refractivity contribution < 1.29 is 85.1 Å². The number of hydrogen-bond acceptors (Lipinski definition) is 6. The molecule has 0 saturated heterocycles. The Labute approximate surface area is 207 Å². The van der Waals surface area contributed by atoms with E-state index in [4.69, 9.17) is 23.2 Å². The van der Waals surface area contributed by atoms with Crippen molar-refractivity contribution in [3.8, 4) is 0 Å². The van der Waals surface area contributed by atoms with Gasteiger partial charge in [0.25, 0.3) is 0 Å². The Hall–Kier alpha value is 0.840. The average molecular weight is 457 g/mol. The Bertz CT molecular complexity index is 884. The molecule has 0 atom stereocenters. The molecule has 0 N–H and O–H groups in total. The van der Waals surface area contributed by atoms with Gasteiger partial charge in [-0.3, -0.25) is 0 Å². The van der Waals surface area contributed by atoms with Crippen LogP contribution in [-0.4, -0.2) is 25.9 Å². The Morgan fingerprint density at radius 1 is 0.692 bits per heavy atom. The molecule has 0 bridgehead atoms. The molecular formula is C14H12Cl2Na2O6S2. The summed E-state index contributed by atoms with van der Waals surface area (Å²) in [6.07, 6.45) is 0. The van der Waals surface area contributed by atoms with Crippen LogP contribution < -0.4 is 59.1 Å². The first-order valence-electron chi connectivity index (χ1n) is 6.26. The Morgan fingerprint density at radius 3 is 1.15 bits per heavy atom. The Balaban J connectivity index is 0. The first kappa shape index (κ1) is 29.0. The molecule has 2 aromatic carbocycles. The molecule has 2 aromatic rings. The molecule has 0 aliphatic carbocycles. The predicted molar refractivity (Wildman–Crippen MR) is 88.3 cm³/mol.